The molecule has 2 heterocycles. The Kier molecular flexibility index (Phi) is 5.62. The molecule has 0 saturated carbocycles. The van der Waals surface area contributed by atoms with Gasteiger partial charge in [0.25, 0.3) is 10.1 Å². The van der Waals surface area contributed by atoms with Gasteiger partial charge in [-0.2, -0.15) is 8.42 Å². The molecule has 2 aliphatic rings. The number of rotatable bonds is 4. The Hall–Kier alpha value is -1.73. The van der Waals surface area contributed by atoms with Crippen molar-refractivity contribution in [2.24, 2.45) is 0 Å². The van der Waals surface area contributed by atoms with Crippen LogP contribution >= 0.6 is 0 Å². The van der Waals surface area contributed by atoms with E-state index in [0.717, 1.165) is 36.8 Å². The second-order valence-electron chi connectivity index (χ2n) is 7.46. The molecule has 2 aromatic rings. The zero-order valence-corrected chi connectivity index (χ0v) is 16.8. The number of piperidine rings is 1. The van der Waals surface area contributed by atoms with Crippen molar-refractivity contribution in [3.05, 3.63) is 71.8 Å². The zero-order chi connectivity index (χ0) is 22.6. The van der Waals surface area contributed by atoms with E-state index in [1.54, 1.807) is 4.90 Å². The first-order valence-corrected chi connectivity index (χ1v) is 11.3. The predicted octanol–water partition coefficient (Wildman–Crippen LogP) is 3.92. The Morgan fingerprint density at radius 1 is 1.00 bits per heavy atom. The van der Waals surface area contributed by atoms with Crippen LogP contribution in [0.4, 0.5) is 0 Å². The van der Waals surface area contributed by atoms with Crippen molar-refractivity contribution < 1.29 is 21.8 Å². The zero-order valence-electron chi connectivity index (χ0n) is 18.9. The van der Waals surface area contributed by atoms with Gasteiger partial charge in [-0.1, -0.05) is 60.7 Å². The van der Waals surface area contributed by atoms with E-state index in [-0.39, 0.29) is 24.3 Å². The van der Waals surface area contributed by atoms with Gasteiger partial charge in [-0.3, -0.25) is 4.55 Å². The Morgan fingerprint density at radius 3 is 1.82 bits per heavy atom. The van der Waals surface area contributed by atoms with E-state index in [2.05, 4.69) is 24.3 Å². The lowest BCUT2D eigenvalue weighted by Crippen LogP contribution is -2.43. The maximum Gasteiger partial charge on any atom is 0.261 e. The Morgan fingerprint density at radius 2 is 1.43 bits per heavy atom. The molecule has 3 atom stereocenters. The highest BCUT2D eigenvalue weighted by atomic mass is 32.2. The smallest absolute Gasteiger partial charge is 0.261 e. The summed E-state index contributed by atoms with van der Waals surface area (Å²) in [7, 11) is -3.67. The first kappa shape index (κ1) is 17.2. The van der Waals surface area contributed by atoms with E-state index in [9.17, 15) is 8.42 Å². The Bertz CT molecular complexity index is 877. The summed E-state index contributed by atoms with van der Waals surface area (Å²) in [5, 5.41) is 0. The number of benzene rings is 2. The van der Waals surface area contributed by atoms with Crippen molar-refractivity contribution in [2.45, 2.75) is 50.0 Å². The fourth-order valence-corrected chi connectivity index (χ4v) is 4.04. The molecule has 2 fully saturated rings. The molecule has 0 aliphatic carbocycles. The summed E-state index contributed by atoms with van der Waals surface area (Å²) in [5.74, 6) is 0. The van der Waals surface area contributed by atoms with Gasteiger partial charge < -0.3 is 9.64 Å². The molecule has 1 unspecified atom stereocenters. The van der Waals surface area contributed by atoms with Crippen LogP contribution in [0.3, 0.4) is 0 Å². The maximum absolute atomic E-state index is 9.19. The Labute approximate surface area is 172 Å². The Balaban J connectivity index is 0.000000491. The van der Waals surface area contributed by atoms with Crippen LogP contribution in [0.5, 0.6) is 0 Å². The molecule has 6 heteroatoms. The molecule has 2 aromatic carbocycles. The lowest BCUT2D eigenvalue weighted by Gasteiger charge is -2.38. The van der Waals surface area contributed by atoms with Crippen LogP contribution in [-0.4, -0.2) is 49.3 Å². The van der Waals surface area contributed by atoms with Gasteiger partial charge in [0, 0.05) is 16.2 Å². The first-order chi connectivity index (χ1) is 14.5. The lowest BCUT2D eigenvalue weighted by molar-refractivity contribution is -0.0426. The van der Waals surface area contributed by atoms with E-state index in [0.29, 0.717) is 6.26 Å². The predicted molar refractivity (Wildman–Crippen MR) is 111 cm³/mol. The van der Waals surface area contributed by atoms with Crippen LogP contribution in [-0.2, 0) is 14.9 Å². The molecule has 152 valence electrons. The average molecular weight is 408 g/mol. The monoisotopic (exact) mass is 407 g/mol. The third kappa shape index (κ3) is 5.88. The van der Waals surface area contributed by atoms with Crippen LogP contribution in [0.1, 0.15) is 47.0 Å². The maximum atomic E-state index is 9.19. The van der Waals surface area contributed by atoms with Crippen molar-refractivity contribution >= 4 is 10.1 Å². The molecule has 5 nitrogen and oxygen atoms in total. The topological polar surface area (TPSA) is 66.8 Å². The summed E-state index contributed by atoms with van der Waals surface area (Å²) in [4.78, 5) is 1.76. The van der Waals surface area contributed by atoms with E-state index in [4.69, 9.17) is 13.4 Å². The molecular formula is C22H29NO4S. The SMILES string of the molecule is CS(=O)(=O)O.[2H][13C]([2H])([2H])N1[C@@H]2CC[C@H]1CC(OC(c1ccccc1)c1ccccc1)C2. The molecule has 2 saturated heterocycles. The number of hydrogen-bond donors (Lipinski definition) is 1. The fourth-order valence-electron chi connectivity index (χ4n) is 4.04. The minimum Gasteiger partial charge on any atom is -0.365 e. The van der Waals surface area contributed by atoms with Gasteiger partial charge in [-0.15, -0.1) is 0 Å². The van der Waals surface area contributed by atoms with Crippen molar-refractivity contribution in [2.75, 3.05) is 13.2 Å². The molecule has 2 aliphatic heterocycles. The van der Waals surface area contributed by atoms with Gasteiger partial charge in [-0.05, 0) is 43.8 Å². The summed E-state index contributed by atoms with van der Waals surface area (Å²) in [5.41, 5.74) is 2.29. The number of fused-ring (bicyclic) bond motifs is 2. The highest BCUT2D eigenvalue weighted by Gasteiger charge is 2.39. The van der Waals surface area contributed by atoms with E-state index in [1.165, 1.54) is 0 Å². The lowest BCUT2D eigenvalue weighted by atomic mass is 9.98. The minimum absolute atomic E-state index is 0.0940. The standard InChI is InChI=1S/C21H25NO.CH4O3S/c1-22-18-12-13-19(22)15-20(14-18)23-21(16-8-4-2-5-9-16)17-10-6-3-7-11-17;1-5(2,3)4/h2-11,18-21H,12-15H2,1H3;1H3,(H,2,3,4)/t18-,19+,20?;/i1+1D3;. The van der Waals surface area contributed by atoms with Gasteiger partial charge in [0.1, 0.15) is 6.10 Å². The van der Waals surface area contributed by atoms with Crippen molar-refractivity contribution in [3.63, 3.8) is 0 Å². The molecule has 4 rings (SSSR count). The molecular weight excluding hydrogens is 375 g/mol. The van der Waals surface area contributed by atoms with Crippen molar-refractivity contribution in [3.8, 4) is 0 Å². The van der Waals surface area contributed by atoms with Crippen LogP contribution in [0.2, 0.25) is 0 Å². The molecule has 0 radical (unpaired) electrons. The molecule has 2 bridgehead atoms. The second kappa shape index (κ2) is 9.18. The summed E-state index contributed by atoms with van der Waals surface area (Å²) in [6.45, 7) is -1.99. The third-order valence-corrected chi connectivity index (χ3v) is 5.22. The molecule has 1 N–H and O–H groups in total. The van der Waals surface area contributed by atoms with E-state index < -0.39 is 17.1 Å². The minimum atomic E-state index is -3.67. The summed E-state index contributed by atoms with van der Waals surface area (Å²) in [6.07, 6.45) is 4.22. The summed E-state index contributed by atoms with van der Waals surface area (Å²) < 4.78 is 55.9. The summed E-state index contributed by atoms with van der Waals surface area (Å²) >= 11 is 0. The number of nitrogens with zero attached hydrogens (tertiary/aromatic N) is 1. The first-order valence-electron chi connectivity index (χ1n) is 11.0. The average Bonchev–Trinajstić information content (AvgIpc) is 2.98. The molecule has 0 amide bonds. The largest absolute Gasteiger partial charge is 0.365 e. The van der Waals surface area contributed by atoms with Crippen LogP contribution in [0, 0.1) is 0 Å². The second-order valence-corrected chi connectivity index (χ2v) is 8.92. The van der Waals surface area contributed by atoms with Gasteiger partial charge in [0.15, 0.2) is 0 Å². The highest BCUT2D eigenvalue weighted by molar-refractivity contribution is 7.85. The number of hydrogen-bond acceptors (Lipinski definition) is 4. The van der Waals surface area contributed by atoms with E-state index >= 15 is 0 Å². The van der Waals surface area contributed by atoms with Gasteiger partial charge in [0.2, 0.25) is 0 Å². The normalized spacial score (nSPS) is 26.7. The third-order valence-electron chi connectivity index (χ3n) is 5.22. The number of ether oxygens (including phenoxy) is 1. The molecule has 0 spiro atoms. The highest BCUT2D eigenvalue weighted by Crippen LogP contribution is 2.38. The van der Waals surface area contributed by atoms with Crippen molar-refractivity contribution in [1.29, 1.82) is 0 Å². The van der Waals surface area contributed by atoms with Crippen molar-refractivity contribution in [1.82, 2.24) is 4.90 Å². The van der Waals surface area contributed by atoms with Gasteiger partial charge >= 0.3 is 0 Å². The molecule has 0 aromatic heterocycles. The molecule has 28 heavy (non-hydrogen) atoms. The summed E-state index contributed by atoms with van der Waals surface area (Å²) in [6, 6.07) is 20.8. The van der Waals surface area contributed by atoms with Crippen LogP contribution in [0.25, 0.3) is 0 Å². The quantitative estimate of drug-likeness (QED) is 0.615. The van der Waals surface area contributed by atoms with E-state index in [1.807, 2.05) is 36.4 Å². The van der Waals surface area contributed by atoms with Crippen LogP contribution in [0.15, 0.2) is 60.7 Å². The fraction of sp³-hybridized carbons (Fsp3) is 0.455. The van der Waals surface area contributed by atoms with Gasteiger partial charge in [-0.25, -0.2) is 0 Å². The van der Waals surface area contributed by atoms with Gasteiger partial charge in [0.05, 0.1) is 12.4 Å². The van der Waals surface area contributed by atoms with Crippen LogP contribution < -0.4 is 0 Å².